The number of nitrogens with two attached hydrogens (primary N) is 1. The van der Waals surface area contributed by atoms with Crippen molar-refractivity contribution in [1.29, 1.82) is 0 Å². The number of aryl methyl sites for hydroxylation is 1. The molecule has 0 fully saturated rings. The molecule has 3 nitrogen and oxygen atoms in total. The van der Waals surface area contributed by atoms with E-state index in [2.05, 4.69) is 37.6 Å². The molecule has 1 aromatic carbocycles. The topological polar surface area (TPSA) is 43.8 Å². The minimum Gasteiger partial charge on any atom is -0.327 e. The second kappa shape index (κ2) is 4.27. The number of rotatable bonds is 1. The van der Waals surface area contributed by atoms with E-state index in [0.717, 1.165) is 35.2 Å². The zero-order valence-electron chi connectivity index (χ0n) is 9.44. The van der Waals surface area contributed by atoms with Crippen molar-refractivity contribution in [3.8, 4) is 11.4 Å². The molecule has 2 aromatic rings. The van der Waals surface area contributed by atoms with Gasteiger partial charge in [0.15, 0.2) is 0 Å². The van der Waals surface area contributed by atoms with Crippen molar-refractivity contribution in [2.24, 2.45) is 5.73 Å². The molecule has 0 radical (unpaired) electrons. The molecule has 3 rings (SSSR count). The smallest absolute Gasteiger partial charge is 0.140 e. The van der Waals surface area contributed by atoms with Crippen LogP contribution in [0.15, 0.2) is 34.9 Å². The van der Waals surface area contributed by atoms with Crippen LogP contribution < -0.4 is 5.73 Å². The molecule has 1 aromatic heterocycles. The fourth-order valence-electron chi connectivity index (χ4n) is 2.33. The highest BCUT2D eigenvalue weighted by Crippen LogP contribution is 2.26. The standard InChI is InChI=1S/C13H14BrN3/c14-10-3-1-2-9(6-10)13-16-7-12-5-4-11(15)8-17(12)13/h1-3,6-7,11H,4-5,8,15H2. The Labute approximate surface area is 109 Å². The van der Waals surface area contributed by atoms with E-state index in [4.69, 9.17) is 5.73 Å². The maximum absolute atomic E-state index is 6.03. The van der Waals surface area contributed by atoms with Gasteiger partial charge in [-0.1, -0.05) is 28.1 Å². The van der Waals surface area contributed by atoms with Gasteiger partial charge in [0.1, 0.15) is 5.82 Å². The van der Waals surface area contributed by atoms with Crippen molar-refractivity contribution in [2.75, 3.05) is 0 Å². The Kier molecular flexibility index (Phi) is 2.76. The minimum absolute atomic E-state index is 0.252. The van der Waals surface area contributed by atoms with Gasteiger partial charge in [-0.15, -0.1) is 0 Å². The van der Waals surface area contributed by atoms with Gasteiger partial charge in [-0.25, -0.2) is 4.98 Å². The van der Waals surface area contributed by atoms with Crippen LogP contribution in [0.3, 0.4) is 0 Å². The molecule has 0 bridgehead atoms. The summed E-state index contributed by atoms with van der Waals surface area (Å²) < 4.78 is 3.32. The van der Waals surface area contributed by atoms with E-state index >= 15 is 0 Å². The highest BCUT2D eigenvalue weighted by Gasteiger charge is 2.19. The van der Waals surface area contributed by atoms with Crippen LogP contribution in [-0.4, -0.2) is 15.6 Å². The first-order valence-corrected chi connectivity index (χ1v) is 6.59. The van der Waals surface area contributed by atoms with Crippen LogP contribution in [0.4, 0.5) is 0 Å². The van der Waals surface area contributed by atoms with Gasteiger partial charge in [0.05, 0.1) is 0 Å². The normalized spacial score (nSPS) is 19.1. The third kappa shape index (κ3) is 2.03. The van der Waals surface area contributed by atoms with E-state index in [1.165, 1.54) is 5.69 Å². The molecule has 0 spiro atoms. The van der Waals surface area contributed by atoms with Crippen molar-refractivity contribution in [3.05, 3.63) is 40.6 Å². The highest BCUT2D eigenvalue weighted by atomic mass is 79.9. The summed E-state index contributed by atoms with van der Waals surface area (Å²) in [6.45, 7) is 0.872. The Hall–Kier alpha value is -1.13. The summed E-state index contributed by atoms with van der Waals surface area (Å²) in [6, 6.07) is 8.48. The van der Waals surface area contributed by atoms with Crippen LogP contribution in [0, 0.1) is 0 Å². The number of hydrogen-bond donors (Lipinski definition) is 1. The van der Waals surface area contributed by atoms with Gasteiger partial charge in [0, 0.05) is 34.5 Å². The molecular weight excluding hydrogens is 278 g/mol. The summed E-state index contributed by atoms with van der Waals surface area (Å²) in [6.07, 6.45) is 4.06. The Morgan fingerprint density at radius 3 is 3.12 bits per heavy atom. The fourth-order valence-corrected chi connectivity index (χ4v) is 2.73. The molecular formula is C13H14BrN3. The number of nitrogens with zero attached hydrogens (tertiary/aromatic N) is 2. The Bertz CT molecular complexity index is 547. The van der Waals surface area contributed by atoms with Crippen LogP contribution in [0.5, 0.6) is 0 Å². The largest absolute Gasteiger partial charge is 0.327 e. The van der Waals surface area contributed by atoms with Crippen molar-refractivity contribution in [2.45, 2.75) is 25.4 Å². The molecule has 0 amide bonds. The van der Waals surface area contributed by atoms with Crippen LogP contribution in [-0.2, 0) is 13.0 Å². The molecule has 17 heavy (non-hydrogen) atoms. The first kappa shape index (κ1) is 11.0. The molecule has 1 aliphatic heterocycles. The average Bonchev–Trinajstić information content (AvgIpc) is 2.71. The molecule has 4 heteroatoms. The Morgan fingerprint density at radius 2 is 2.29 bits per heavy atom. The summed E-state index contributed by atoms with van der Waals surface area (Å²) in [4.78, 5) is 4.53. The monoisotopic (exact) mass is 291 g/mol. The summed E-state index contributed by atoms with van der Waals surface area (Å²) in [5, 5.41) is 0. The number of halogens is 1. The van der Waals surface area contributed by atoms with Gasteiger partial charge < -0.3 is 10.3 Å². The molecule has 0 aliphatic carbocycles. The van der Waals surface area contributed by atoms with Crippen LogP contribution >= 0.6 is 15.9 Å². The molecule has 1 unspecified atom stereocenters. The van der Waals surface area contributed by atoms with Gasteiger partial charge in [-0.3, -0.25) is 0 Å². The van der Waals surface area contributed by atoms with Crippen molar-refractivity contribution in [3.63, 3.8) is 0 Å². The van der Waals surface area contributed by atoms with Crippen molar-refractivity contribution < 1.29 is 0 Å². The van der Waals surface area contributed by atoms with E-state index in [-0.39, 0.29) is 6.04 Å². The third-order valence-electron chi connectivity index (χ3n) is 3.21. The molecule has 0 saturated carbocycles. The van der Waals surface area contributed by atoms with Crippen LogP contribution in [0.1, 0.15) is 12.1 Å². The van der Waals surface area contributed by atoms with Gasteiger partial charge >= 0.3 is 0 Å². The predicted octanol–water partition coefficient (Wildman–Crippen LogP) is 2.59. The Morgan fingerprint density at radius 1 is 1.41 bits per heavy atom. The zero-order valence-corrected chi connectivity index (χ0v) is 11.0. The SMILES string of the molecule is NC1CCc2cnc(-c3cccc(Br)c3)n2C1. The summed E-state index contributed by atoms with van der Waals surface area (Å²) >= 11 is 3.49. The van der Waals surface area contributed by atoms with Crippen molar-refractivity contribution >= 4 is 15.9 Å². The summed E-state index contributed by atoms with van der Waals surface area (Å²) in [5.41, 5.74) is 8.46. The quantitative estimate of drug-likeness (QED) is 0.878. The minimum atomic E-state index is 0.252. The maximum atomic E-state index is 6.03. The zero-order chi connectivity index (χ0) is 11.8. The number of benzene rings is 1. The maximum Gasteiger partial charge on any atom is 0.140 e. The second-order valence-corrected chi connectivity index (χ2v) is 5.41. The lowest BCUT2D eigenvalue weighted by atomic mass is 10.1. The molecule has 88 valence electrons. The number of hydrogen-bond acceptors (Lipinski definition) is 2. The van der Waals surface area contributed by atoms with Crippen LogP contribution in [0.25, 0.3) is 11.4 Å². The lowest BCUT2D eigenvalue weighted by Gasteiger charge is -2.22. The number of imidazole rings is 1. The fraction of sp³-hybridized carbons (Fsp3) is 0.308. The number of aromatic nitrogens is 2. The third-order valence-corrected chi connectivity index (χ3v) is 3.70. The van der Waals surface area contributed by atoms with Gasteiger partial charge in [0.2, 0.25) is 0 Å². The summed E-state index contributed by atoms with van der Waals surface area (Å²) in [5.74, 6) is 1.02. The van der Waals surface area contributed by atoms with E-state index in [1.807, 2.05) is 18.3 Å². The van der Waals surface area contributed by atoms with Crippen LogP contribution in [0.2, 0.25) is 0 Å². The molecule has 2 N–H and O–H groups in total. The predicted molar refractivity (Wildman–Crippen MR) is 71.7 cm³/mol. The van der Waals surface area contributed by atoms with Gasteiger partial charge in [-0.05, 0) is 25.0 Å². The van der Waals surface area contributed by atoms with Gasteiger partial charge in [0.25, 0.3) is 0 Å². The second-order valence-electron chi connectivity index (χ2n) is 4.49. The molecule has 1 aliphatic rings. The first-order chi connectivity index (χ1) is 8.24. The van der Waals surface area contributed by atoms with E-state index in [1.54, 1.807) is 0 Å². The lowest BCUT2D eigenvalue weighted by Crippen LogP contribution is -2.31. The Balaban J connectivity index is 2.07. The molecule has 0 saturated heterocycles. The van der Waals surface area contributed by atoms with E-state index in [0.29, 0.717) is 0 Å². The average molecular weight is 292 g/mol. The van der Waals surface area contributed by atoms with E-state index in [9.17, 15) is 0 Å². The molecule has 2 heterocycles. The summed E-state index contributed by atoms with van der Waals surface area (Å²) in [7, 11) is 0. The lowest BCUT2D eigenvalue weighted by molar-refractivity contribution is 0.463. The molecule has 1 atom stereocenters. The number of fused-ring (bicyclic) bond motifs is 1. The highest BCUT2D eigenvalue weighted by molar-refractivity contribution is 9.10. The van der Waals surface area contributed by atoms with Crippen molar-refractivity contribution in [1.82, 2.24) is 9.55 Å². The van der Waals surface area contributed by atoms with Gasteiger partial charge in [-0.2, -0.15) is 0 Å². The van der Waals surface area contributed by atoms with E-state index < -0.39 is 0 Å². The first-order valence-electron chi connectivity index (χ1n) is 5.80.